The zero-order chi connectivity index (χ0) is 23.0. The predicted molar refractivity (Wildman–Crippen MR) is 118 cm³/mol. The van der Waals surface area contributed by atoms with Crippen molar-refractivity contribution < 1.29 is 23.1 Å². The second-order valence-electron chi connectivity index (χ2n) is 7.14. The van der Waals surface area contributed by atoms with Crippen LogP contribution < -0.4 is 4.90 Å². The van der Waals surface area contributed by atoms with Crippen molar-refractivity contribution in [3.63, 3.8) is 0 Å². The molecule has 0 unspecified atom stereocenters. The Hall–Kier alpha value is -3.72. The molecule has 2 heterocycles. The van der Waals surface area contributed by atoms with Gasteiger partial charge >= 0.3 is 5.97 Å². The van der Waals surface area contributed by atoms with Gasteiger partial charge in [0.15, 0.2) is 10.8 Å². The molecule has 0 atom stereocenters. The number of aliphatic imine (C=N–C) groups is 1. The molecular formula is C23H17F2N3O3S. The van der Waals surface area contributed by atoms with E-state index in [1.165, 1.54) is 29.2 Å². The number of cyclic esters (lactones) is 1. The van der Waals surface area contributed by atoms with Gasteiger partial charge in [-0.25, -0.2) is 23.6 Å². The Kier molecular flexibility index (Phi) is 5.67. The second kappa shape index (κ2) is 8.43. The number of carbonyl (C=O) groups is 2. The molecule has 0 aliphatic carbocycles. The predicted octanol–water partition coefficient (Wildman–Crippen LogP) is 5.07. The molecule has 0 fully saturated rings. The standard InChI is InChI=1S/C23H17F2N3O3S/c1-12-4-6-17(8-13(12)2)28(14(3)29)23-26-16(11-32-23)10-20-22(30)31-21(27-20)18-7-5-15(24)9-19(18)25/h4-11H,1-3H3/b20-10-. The summed E-state index contributed by atoms with van der Waals surface area (Å²) in [5, 5.41) is 2.09. The van der Waals surface area contributed by atoms with E-state index in [-0.39, 0.29) is 23.1 Å². The van der Waals surface area contributed by atoms with Crippen LogP contribution in [0.1, 0.15) is 29.3 Å². The van der Waals surface area contributed by atoms with Crippen LogP contribution in [0, 0.1) is 25.5 Å². The van der Waals surface area contributed by atoms with Crippen LogP contribution in [0.5, 0.6) is 0 Å². The van der Waals surface area contributed by atoms with E-state index >= 15 is 0 Å². The number of aromatic nitrogens is 1. The number of hydrogen-bond acceptors (Lipinski definition) is 6. The lowest BCUT2D eigenvalue weighted by molar-refractivity contribution is -0.130. The molecule has 1 aliphatic heterocycles. The van der Waals surface area contributed by atoms with Crippen molar-refractivity contribution >= 4 is 46.0 Å². The molecule has 0 radical (unpaired) electrons. The molecule has 9 heteroatoms. The van der Waals surface area contributed by atoms with Gasteiger partial charge in [0.2, 0.25) is 11.8 Å². The average Bonchev–Trinajstić information content (AvgIpc) is 3.32. The van der Waals surface area contributed by atoms with Crippen molar-refractivity contribution in [2.75, 3.05) is 4.90 Å². The molecule has 1 aromatic heterocycles. The molecule has 32 heavy (non-hydrogen) atoms. The minimum Gasteiger partial charge on any atom is -0.402 e. The van der Waals surface area contributed by atoms with Gasteiger partial charge in [0.1, 0.15) is 11.6 Å². The summed E-state index contributed by atoms with van der Waals surface area (Å²) in [5.41, 5.74) is 3.00. The third-order valence-corrected chi connectivity index (χ3v) is 5.68. The van der Waals surface area contributed by atoms with Crippen LogP contribution in [0.25, 0.3) is 6.08 Å². The number of rotatable bonds is 4. The van der Waals surface area contributed by atoms with Crippen LogP contribution >= 0.6 is 11.3 Å². The molecule has 2 aromatic carbocycles. The van der Waals surface area contributed by atoms with Gasteiger partial charge in [-0.15, -0.1) is 11.3 Å². The highest BCUT2D eigenvalue weighted by atomic mass is 32.1. The highest BCUT2D eigenvalue weighted by molar-refractivity contribution is 7.14. The molecule has 3 aromatic rings. The Morgan fingerprint density at radius 3 is 2.59 bits per heavy atom. The number of hydrogen-bond donors (Lipinski definition) is 0. The number of carbonyl (C=O) groups excluding carboxylic acids is 2. The monoisotopic (exact) mass is 453 g/mol. The van der Waals surface area contributed by atoms with Crippen LogP contribution in [0.2, 0.25) is 0 Å². The lowest BCUT2D eigenvalue weighted by atomic mass is 10.1. The summed E-state index contributed by atoms with van der Waals surface area (Å²) < 4.78 is 32.1. The second-order valence-corrected chi connectivity index (χ2v) is 7.97. The molecule has 0 bridgehead atoms. The normalized spacial score (nSPS) is 14.5. The lowest BCUT2D eigenvalue weighted by Crippen LogP contribution is -2.22. The first-order valence-corrected chi connectivity index (χ1v) is 10.4. The van der Waals surface area contributed by atoms with E-state index in [1.54, 1.807) is 5.38 Å². The van der Waals surface area contributed by atoms with E-state index in [0.29, 0.717) is 22.6 Å². The fraction of sp³-hybridized carbons (Fsp3) is 0.130. The molecule has 1 amide bonds. The van der Waals surface area contributed by atoms with Gasteiger partial charge in [0, 0.05) is 18.4 Å². The summed E-state index contributed by atoms with van der Waals surface area (Å²) in [5.74, 6) is -2.89. The molecule has 0 N–H and O–H groups in total. The van der Waals surface area contributed by atoms with E-state index in [9.17, 15) is 18.4 Å². The zero-order valence-corrected chi connectivity index (χ0v) is 18.2. The maximum absolute atomic E-state index is 14.0. The van der Waals surface area contributed by atoms with Gasteiger partial charge in [-0.05, 0) is 55.3 Å². The van der Waals surface area contributed by atoms with Crippen molar-refractivity contribution in [2.24, 2.45) is 4.99 Å². The molecule has 162 valence electrons. The highest BCUT2D eigenvalue weighted by Crippen LogP contribution is 2.31. The largest absolute Gasteiger partial charge is 0.402 e. The summed E-state index contributed by atoms with van der Waals surface area (Å²) in [4.78, 5) is 34.4. The Bertz CT molecular complexity index is 1310. The Morgan fingerprint density at radius 2 is 1.91 bits per heavy atom. The first-order valence-electron chi connectivity index (χ1n) is 9.54. The smallest absolute Gasteiger partial charge is 0.363 e. The Morgan fingerprint density at radius 1 is 1.12 bits per heavy atom. The topological polar surface area (TPSA) is 71.9 Å². The molecule has 0 saturated carbocycles. The Labute approximate surface area is 186 Å². The van der Waals surface area contributed by atoms with E-state index in [0.717, 1.165) is 23.3 Å². The molecule has 4 rings (SSSR count). The van der Waals surface area contributed by atoms with Crippen LogP contribution in [0.15, 0.2) is 52.5 Å². The number of nitrogens with zero attached hydrogens (tertiary/aromatic N) is 3. The number of halogens is 2. The third kappa shape index (κ3) is 4.19. The van der Waals surface area contributed by atoms with Crippen molar-refractivity contribution in [3.8, 4) is 0 Å². The zero-order valence-electron chi connectivity index (χ0n) is 17.3. The summed E-state index contributed by atoms with van der Waals surface area (Å²) >= 11 is 1.22. The fourth-order valence-corrected chi connectivity index (χ4v) is 3.91. The maximum Gasteiger partial charge on any atom is 0.363 e. The number of amides is 1. The Balaban J connectivity index is 1.65. The first kappa shape index (κ1) is 21.5. The van der Waals surface area contributed by atoms with E-state index in [2.05, 4.69) is 9.98 Å². The summed E-state index contributed by atoms with van der Waals surface area (Å²) in [6.45, 7) is 5.38. The minimum absolute atomic E-state index is 0.0823. The molecule has 6 nitrogen and oxygen atoms in total. The number of thiazole rings is 1. The van der Waals surface area contributed by atoms with Gasteiger partial charge in [0.05, 0.1) is 16.9 Å². The lowest BCUT2D eigenvalue weighted by Gasteiger charge is -2.19. The van der Waals surface area contributed by atoms with E-state index in [4.69, 9.17) is 4.74 Å². The van der Waals surface area contributed by atoms with Crippen LogP contribution in [-0.2, 0) is 14.3 Å². The molecule has 1 aliphatic rings. The maximum atomic E-state index is 14.0. The SMILES string of the molecule is CC(=O)N(c1ccc(C)c(C)c1)c1nc(/C=C2\N=C(c3ccc(F)cc3F)OC2=O)cs1. The first-order chi connectivity index (χ1) is 15.2. The van der Waals surface area contributed by atoms with Crippen molar-refractivity contribution in [1.82, 2.24) is 4.98 Å². The van der Waals surface area contributed by atoms with Crippen molar-refractivity contribution in [2.45, 2.75) is 20.8 Å². The van der Waals surface area contributed by atoms with Gasteiger partial charge in [-0.1, -0.05) is 6.07 Å². The number of esters is 1. The molecule has 0 saturated heterocycles. The van der Waals surface area contributed by atoms with Crippen molar-refractivity contribution in [1.29, 1.82) is 0 Å². The van der Waals surface area contributed by atoms with Crippen LogP contribution in [0.4, 0.5) is 19.6 Å². The van der Waals surface area contributed by atoms with Crippen LogP contribution in [0.3, 0.4) is 0 Å². The summed E-state index contributed by atoms with van der Waals surface area (Å²) in [6, 6.07) is 8.55. The van der Waals surface area contributed by atoms with E-state index < -0.39 is 17.6 Å². The molecule has 0 spiro atoms. The van der Waals surface area contributed by atoms with Gasteiger partial charge < -0.3 is 4.74 Å². The quantitative estimate of drug-likeness (QED) is 0.409. The summed E-state index contributed by atoms with van der Waals surface area (Å²) in [7, 11) is 0. The van der Waals surface area contributed by atoms with Gasteiger partial charge in [0.25, 0.3) is 0 Å². The van der Waals surface area contributed by atoms with Gasteiger partial charge in [-0.2, -0.15) is 0 Å². The average molecular weight is 453 g/mol. The number of anilines is 2. The minimum atomic E-state index is -0.890. The van der Waals surface area contributed by atoms with Crippen molar-refractivity contribution in [3.05, 3.63) is 81.5 Å². The number of aryl methyl sites for hydroxylation is 2. The van der Waals surface area contributed by atoms with E-state index in [1.807, 2.05) is 32.0 Å². The number of benzene rings is 2. The fourth-order valence-electron chi connectivity index (χ4n) is 3.06. The summed E-state index contributed by atoms with van der Waals surface area (Å²) in [6.07, 6.45) is 1.38. The van der Waals surface area contributed by atoms with Gasteiger partial charge in [-0.3, -0.25) is 9.69 Å². The van der Waals surface area contributed by atoms with Crippen LogP contribution in [-0.4, -0.2) is 22.8 Å². The third-order valence-electron chi connectivity index (χ3n) is 4.83. The number of ether oxygens (including phenoxy) is 1. The molecular weight excluding hydrogens is 436 g/mol. The highest BCUT2D eigenvalue weighted by Gasteiger charge is 2.27.